The molecule has 2 saturated carbocycles. The largest absolute Gasteiger partial charge is 0.436 e. The normalized spacial score (nSPS) is 15.5. The number of carbonyl (C=O) groups excluding carboxylic acids is 1. The molecule has 0 bridgehead atoms. The number of aromatic amines is 1. The van der Waals surface area contributed by atoms with E-state index < -0.39 is 23.4 Å². The van der Waals surface area contributed by atoms with E-state index in [-0.39, 0.29) is 47.1 Å². The van der Waals surface area contributed by atoms with Crippen molar-refractivity contribution in [2.45, 2.75) is 43.9 Å². The Kier molecular flexibility index (Phi) is 5.42. The molecule has 0 unspecified atom stereocenters. The van der Waals surface area contributed by atoms with Crippen molar-refractivity contribution in [3.63, 3.8) is 0 Å². The summed E-state index contributed by atoms with van der Waals surface area (Å²) < 4.78 is 46.0. The number of ether oxygens (including phenoxy) is 1. The molecule has 5 rings (SSSR count). The molecule has 9 nitrogen and oxygen atoms in total. The zero-order chi connectivity index (χ0) is 24.9. The van der Waals surface area contributed by atoms with E-state index in [2.05, 4.69) is 21.8 Å². The maximum absolute atomic E-state index is 12.9. The van der Waals surface area contributed by atoms with Gasteiger partial charge in [0.25, 0.3) is 5.56 Å². The van der Waals surface area contributed by atoms with Gasteiger partial charge in [0.2, 0.25) is 0 Å². The van der Waals surface area contributed by atoms with E-state index in [0.29, 0.717) is 0 Å². The first-order chi connectivity index (χ1) is 16.6. The van der Waals surface area contributed by atoms with Crippen LogP contribution in [0.15, 0.2) is 33.9 Å². The molecule has 2 aromatic heterocycles. The summed E-state index contributed by atoms with van der Waals surface area (Å²) in [7, 11) is 1.36. The maximum Gasteiger partial charge on any atom is 0.416 e. The van der Waals surface area contributed by atoms with Gasteiger partial charge in [-0.3, -0.25) is 18.8 Å². The number of rotatable bonds is 4. The molecule has 2 aliphatic rings. The first-order valence-electron chi connectivity index (χ1n) is 11.0. The van der Waals surface area contributed by atoms with Gasteiger partial charge in [-0.05, 0) is 55.9 Å². The third-order valence-corrected chi connectivity index (χ3v) is 5.91. The number of carbonyl (C=O) groups is 1. The number of aromatic nitrogens is 4. The highest BCUT2D eigenvalue weighted by atomic mass is 19.4. The lowest BCUT2D eigenvalue weighted by Crippen LogP contribution is -2.39. The SMILES string of the molecule is CN(C(=O)OCC#Cc1nc2c([nH]1)c(=O)n(C1CC1)c(=O)n2C1CC1)c1ccc(C(F)(F)F)cc1. The van der Waals surface area contributed by atoms with Crippen LogP contribution in [0, 0.1) is 11.8 Å². The summed E-state index contributed by atoms with van der Waals surface area (Å²) >= 11 is 0. The molecule has 2 aliphatic carbocycles. The molecule has 0 saturated heterocycles. The fraction of sp³-hybridized carbons (Fsp3) is 0.391. The van der Waals surface area contributed by atoms with E-state index in [0.717, 1.165) is 54.8 Å². The second-order valence-corrected chi connectivity index (χ2v) is 8.53. The van der Waals surface area contributed by atoms with Crippen molar-refractivity contribution in [3.05, 3.63) is 56.5 Å². The fourth-order valence-corrected chi connectivity index (χ4v) is 3.77. The number of imidazole rings is 1. The summed E-state index contributed by atoms with van der Waals surface area (Å²) in [5.74, 6) is 5.47. The number of H-pyrrole nitrogens is 1. The van der Waals surface area contributed by atoms with Crippen LogP contribution >= 0.6 is 0 Å². The number of nitrogens with one attached hydrogen (secondary N) is 1. The lowest BCUT2D eigenvalue weighted by Gasteiger charge is -2.17. The minimum atomic E-state index is -4.47. The van der Waals surface area contributed by atoms with Crippen LogP contribution in [0.3, 0.4) is 0 Å². The second-order valence-electron chi connectivity index (χ2n) is 8.53. The molecule has 1 N–H and O–H groups in total. The third-order valence-electron chi connectivity index (χ3n) is 5.91. The van der Waals surface area contributed by atoms with Crippen LogP contribution in [0.1, 0.15) is 49.2 Å². The molecule has 1 amide bonds. The van der Waals surface area contributed by atoms with Gasteiger partial charge in [-0.2, -0.15) is 13.2 Å². The summed E-state index contributed by atoms with van der Waals surface area (Å²) in [5.41, 5.74) is -0.892. The van der Waals surface area contributed by atoms with E-state index in [9.17, 15) is 27.6 Å². The predicted molar refractivity (Wildman–Crippen MR) is 119 cm³/mol. The minimum absolute atomic E-state index is 0.0152. The lowest BCUT2D eigenvalue weighted by atomic mass is 10.2. The number of fused-ring (bicyclic) bond motifs is 1. The molecule has 0 atom stereocenters. The zero-order valence-electron chi connectivity index (χ0n) is 18.6. The first kappa shape index (κ1) is 22.8. The van der Waals surface area contributed by atoms with Crippen molar-refractivity contribution in [2.24, 2.45) is 0 Å². The monoisotopic (exact) mass is 487 g/mol. The van der Waals surface area contributed by atoms with Gasteiger partial charge in [0.05, 0.1) is 5.56 Å². The molecular formula is C23H20F3N5O4. The molecular weight excluding hydrogens is 467 g/mol. The zero-order valence-corrected chi connectivity index (χ0v) is 18.6. The van der Waals surface area contributed by atoms with Gasteiger partial charge >= 0.3 is 18.0 Å². The Morgan fingerprint density at radius 1 is 1.14 bits per heavy atom. The van der Waals surface area contributed by atoms with E-state index in [1.54, 1.807) is 4.57 Å². The van der Waals surface area contributed by atoms with E-state index in [1.165, 1.54) is 11.6 Å². The number of anilines is 1. The summed E-state index contributed by atoms with van der Waals surface area (Å²) in [5, 5.41) is 0. The quantitative estimate of drug-likeness (QED) is 0.570. The first-order valence-corrected chi connectivity index (χ1v) is 11.0. The van der Waals surface area contributed by atoms with Crippen LogP contribution in [0.5, 0.6) is 0 Å². The highest BCUT2D eigenvalue weighted by Gasteiger charge is 2.34. The molecule has 2 heterocycles. The average Bonchev–Trinajstić information content (AvgIpc) is 3.75. The number of hydrogen-bond acceptors (Lipinski definition) is 5. The van der Waals surface area contributed by atoms with Crippen molar-refractivity contribution in [2.75, 3.05) is 18.6 Å². The van der Waals surface area contributed by atoms with Gasteiger partial charge in [-0.15, -0.1) is 0 Å². The van der Waals surface area contributed by atoms with Gasteiger partial charge in [0.15, 0.2) is 23.6 Å². The van der Waals surface area contributed by atoms with Crippen LogP contribution in [0.4, 0.5) is 23.7 Å². The Morgan fingerprint density at radius 2 is 1.77 bits per heavy atom. The molecule has 2 fully saturated rings. The standard InChI is InChI=1S/C23H20F3N5O4/c1-29(14-6-4-13(5-7-14)23(24,25)26)22(34)35-12-2-3-17-27-18-19(28-17)30(15-8-9-15)21(33)31(20(18)32)16-10-11-16/h4-7,15-16H,8-12H2,1H3,(H,27,28). The molecule has 3 aromatic rings. The van der Waals surface area contributed by atoms with E-state index >= 15 is 0 Å². The fourth-order valence-electron chi connectivity index (χ4n) is 3.77. The van der Waals surface area contributed by atoms with Crippen LogP contribution in [0.2, 0.25) is 0 Å². The summed E-state index contributed by atoms with van der Waals surface area (Å²) in [6.45, 7) is -0.317. The Hall–Kier alpha value is -4.01. The third kappa shape index (κ3) is 4.41. The highest BCUT2D eigenvalue weighted by molar-refractivity contribution is 5.87. The maximum atomic E-state index is 12.9. The smallest absolute Gasteiger partial charge is 0.416 e. The number of amides is 1. The number of alkyl halides is 3. The Labute approximate surface area is 196 Å². The van der Waals surface area contributed by atoms with Crippen molar-refractivity contribution >= 4 is 22.9 Å². The van der Waals surface area contributed by atoms with Crippen molar-refractivity contribution in [1.82, 2.24) is 19.1 Å². The summed E-state index contributed by atoms with van der Waals surface area (Å²) in [6.07, 6.45) is -2.01. The van der Waals surface area contributed by atoms with Crippen molar-refractivity contribution < 1.29 is 22.7 Å². The number of halogens is 3. The summed E-state index contributed by atoms with van der Waals surface area (Å²) in [6, 6.07) is 4.01. The van der Waals surface area contributed by atoms with Crippen LogP contribution in [0.25, 0.3) is 11.2 Å². The van der Waals surface area contributed by atoms with E-state index in [1.807, 2.05) is 0 Å². The molecule has 0 radical (unpaired) electrons. The molecule has 182 valence electrons. The molecule has 0 aliphatic heterocycles. The Balaban J connectivity index is 1.30. The Bertz CT molecular complexity index is 1480. The van der Waals surface area contributed by atoms with Gasteiger partial charge < -0.3 is 9.72 Å². The molecule has 12 heteroatoms. The number of hydrogen-bond donors (Lipinski definition) is 1. The molecule has 1 aromatic carbocycles. The minimum Gasteiger partial charge on any atom is -0.436 e. The average molecular weight is 487 g/mol. The van der Waals surface area contributed by atoms with Crippen LogP contribution in [-0.4, -0.2) is 38.8 Å². The van der Waals surface area contributed by atoms with E-state index in [4.69, 9.17) is 4.74 Å². The van der Waals surface area contributed by atoms with Gasteiger partial charge in [-0.1, -0.05) is 5.92 Å². The molecule has 0 spiro atoms. The number of benzene rings is 1. The van der Waals surface area contributed by atoms with Crippen LogP contribution in [-0.2, 0) is 10.9 Å². The highest BCUT2D eigenvalue weighted by Crippen LogP contribution is 2.37. The molecule has 35 heavy (non-hydrogen) atoms. The van der Waals surface area contributed by atoms with Gasteiger partial charge in [0, 0.05) is 24.8 Å². The summed E-state index contributed by atoms with van der Waals surface area (Å²) in [4.78, 5) is 46.2. The Morgan fingerprint density at radius 3 is 2.37 bits per heavy atom. The van der Waals surface area contributed by atoms with Crippen molar-refractivity contribution in [1.29, 1.82) is 0 Å². The van der Waals surface area contributed by atoms with Crippen molar-refractivity contribution in [3.8, 4) is 11.8 Å². The number of nitrogens with zero attached hydrogens (tertiary/aromatic N) is 4. The van der Waals surface area contributed by atoms with Gasteiger partial charge in [0.1, 0.15) is 0 Å². The second kappa shape index (κ2) is 8.33. The van der Waals surface area contributed by atoms with Crippen LogP contribution < -0.4 is 16.1 Å². The predicted octanol–water partition coefficient (Wildman–Crippen LogP) is 3.20. The van der Waals surface area contributed by atoms with Gasteiger partial charge in [-0.25, -0.2) is 14.6 Å². The topological polar surface area (TPSA) is 102 Å². The lowest BCUT2D eigenvalue weighted by molar-refractivity contribution is -0.137.